The molecular formula is C11H17N3O3. The van der Waals surface area contributed by atoms with Crippen molar-refractivity contribution < 1.29 is 14.4 Å². The van der Waals surface area contributed by atoms with Crippen molar-refractivity contribution in [1.82, 2.24) is 10.1 Å². The maximum atomic E-state index is 11.9. The van der Waals surface area contributed by atoms with Gasteiger partial charge in [0.15, 0.2) is 6.23 Å². The van der Waals surface area contributed by atoms with Gasteiger partial charge in [-0.2, -0.15) is 0 Å². The normalized spacial score (nSPS) is 25.2. The van der Waals surface area contributed by atoms with E-state index >= 15 is 0 Å². The van der Waals surface area contributed by atoms with Crippen LogP contribution in [-0.4, -0.2) is 40.5 Å². The molecule has 1 aliphatic heterocycles. The second-order valence-corrected chi connectivity index (χ2v) is 4.66. The Balaban J connectivity index is 2.30. The topological polar surface area (TPSA) is 69.8 Å². The SMILES string of the molecule is CC(C)c1cc(N2C(=O)N(C)C(C)C2O)on1. The summed E-state index contributed by atoms with van der Waals surface area (Å²) in [6.45, 7) is 5.75. The van der Waals surface area contributed by atoms with Crippen LogP contribution < -0.4 is 4.90 Å². The Labute approximate surface area is 99.8 Å². The van der Waals surface area contributed by atoms with Crippen LogP contribution in [0.2, 0.25) is 0 Å². The lowest BCUT2D eigenvalue weighted by atomic mass is 10.1. The fraction of sp³-hybridized carbons (Fsp3) is 0.636. The summed E-state index contributed by atoms with van der Waals surface area (Å²) in [5, 5.41) is 13.9. The van der Waals surface area contributed by atoms with Gasteiger partial charge in [-0.05, 0) is 12.8 Å². The van der Waals surface area contributed by atoms with Crippen molar-refractivity contribution in [2.45, 2.75) is 39.0 Å². The number of hydrogen-bond acceptors (Lipinski definition) is 4. The highest BCUT2D eigenvalue weighted by molar-refractivity contribution is 5.93. The fourth-order valence-electron chi connectivity index (χ4n) is 1.76. The van der Waals surface area contributed by atoms with Gasteiger partial charge in [0.1, 0.15) is 0 Å². The Bertz CT molecular complexity index is 429. The van der Waals surface area contributed by atoms with Gasteiger partial charge in [0.25, 0.3) is 0 Å². The minimum Gasteiger partial charge on any atom is -0.371 e. The standard InChI is InChI=1S/C11H17N3O3/c1-6(2)8-5-9(17-12-8)14-10(15)7(3)13(4)11(14)16/h5-7,10,15H,1-4H3. The summed E-state index contributed by atoms with van der Waals surface area (Å²) < 4.78 is 5.12. The van der Waals surface area contributed by atoms with Crippen LogP contribution in [0.1, 0.15) is 32.4 Å². The highest BCUT2D eigenvalue weighted by Crippen LogP contribution is 2.28. The maximum absolute atomic E-state index is 11.9. The van der Waals surface area contributed by atoms with Gasteiger partial charge in [0.2, 0.25) is 5.88 Å². The van der Waals surface area contributed by atoms with Crippen molar-refractivity contribution in [3.05, 3.63) is 11.8 Å². The molecule has 2 rings (SSSR count). The monoisotopic (exact) mass is 239 g/mol. The largest absolute Gasteiger partial charge is 0.371 e. The first-order valence-corrected chi connectivity index (χ1v) is 5.64. The molecule has 1 N–H and O–H groups in total. The molecule has 2 heterocycles. The van der Waals surface area contributed by atoms with Crippen molar-refractivity contribution in [3.8, 4) is 0 Å². The van der Waals surface area contributed by atoms with E-state index in [9.17, 15) is 9.90 Å². The molecular weight excluding hydrogens is 222 g/mol. The van der Waals surface area contributed by atoms with Crippen molar-refractivity contribution in [3.63, 3.8) is 0 Å². The number of anilines is 1. The maximum Gasteiger partial charge on any atom is 0.329 e. The number of hydrogen-bond donors (Lipinski definition) is 1. The predicted octanol–water partition coefficient (Wildman–Crippen LogP) is 1.38. The van der Waals surface area contributed by atoms with Crippen molar-refractivity contribution in [2.75, 3.05) is 11.9 Å². The second kappa shape index (κ2) is 4.03. The smallest absolute Gasteiger partial charge is 0.329 e. The van der Waals surface area contributed by atoms with E-state index in [1.54, 1.807) is 20.0 Å². The number of carbonyl (C=O) groups is 1. The van der Waals surface area contributed by atoms with E-state index in [4.69, 9.17) is 4.52 Å². The Morgan fingerprint density at radius 3 is 2.59 bits per heavy atom. The first-order valence-electron chi connectivity index (χ1n) is 5.64. The molecule has 1 aliphatic rings. The molecule has 0 saturated carbocycles. The molecule has 1 aromatic heterocycles. The molecule has 0 aromatic carbocycles. The summed E-state index contributed by atoms with van der Waals surface area (Å²) in [6.07, 6.45) is -0.902. The minimum atomic E-state index is -0.902. The molecule has 0 radical (unpaired) electrons. The van der Waals surface area contributed by atoms with E-state index in [0.29, 0.717) is 5.88 Å². The Hall–Kier alpha value is -1.56. The van der Waals surface area contributed by atoms with E-state index in [-0.39, 0.29) is 18.0 Å². The molecule has 2 atom stereocenters. The van der Waals surface area contributed by atoms with Crippen LogP contribution in [0.3, 0.4) is 0 Å². The first-order chi connectivity index (χ1) is 7.93. The quantitative estimate of drug-likeness (QED) is 0.846. The molecule has 2 amide bonds. The lowest BCUT2D eigenvalue weighted by Crippen LogP contribution is -2.35. The molecule has 0 bridgehead atoms. The number of aliphatic hydroxyl groups excluding tert-OH is 1. The highest BCUT2D eigenvalue weighted by Gasteiger charge is 2.43. The summed E-state index contributed by atoms with van der Waals surface area (Å²) in [5.41, 5.74) is 0.766. The average molecular weight is 239 g/mol. The zero-order valence-corrected chi connectivity index (χ0v) is 10.4. The third-order valence-corrected chi connectivity index (χ3v) is 3.16. The summed E-state index contributed by atoms with van der Waals surface area (Å²) >= 11 is 0. The Morgan fingerprint density at radius 2 is 2.18 bits per heavy atom. The highest BCUT2D eigenvalue weighted by atomic mass is 16.5. The van der Waals surface area contributed by atoms with Crippen molar-refractivity contribution in [1.29, 1.82) is 0 Å². The summed E-state index contributed by atoms with van der Waals surface area (Å²) in [5.74, 6) is 0.514. The molecule has 94 valence electrons. The summed E-state index contributed by atoms with van der Waals surface area (Å²) in [4.78, 5) is 14.6. The zero-order valence-electron chi connectivity index (χ0n) is 10.4. The lowest BCUT2D eigenvalue weighted by Gasteiger charge is -2.15. The van der Waals surface area contributed by atoms with E-state index in [0.717, 1.165) is 5.69 Å². The van der Waals surface area contributed by atoms with Gasteiger partial charge in [-0.3, -0.25) is 0 Å². The van der Waals surface area contributed by atoms with E-state index < -0.39 is 6.23 Å². The summed E-state index contributed by atoms with van der Waals surface area (Å²) in [7, 11) is 1.65. The second-order valence-electron chi connectivity index (χ2n) is 4.66. The molecule has 0 spiro atoms. The molecule has 6 heteroatoms. The third-order valence-electron chi connectivity index (χ3n) is 3.16. The molecule has 0 aliphatic carbocycles. The number of amides is 2. The minimum absolute atomic E-state index is 0.220. The van der Waals surface area contributed by atoms with Crippen LogP contribution in [0.5, 0.6) is 0 Å². The molecule has 17 heavy (non-hydrogen) atoms. The lowest BCUT2D eigenvalue weighted by molar-refractivity contribution is 0.135. The van der Waals surface area contributed by atoms with Gasteiger partial charge >= 0.3 is 6.03 Å². The number of likely N-dealkylation sites (N-methyl/N-ethyl adjacent to an activating group) is 1. The van der Waals surface area contributed by atoms with Crippen LogP contribution in [-0.2, 0) is 0 Å². The van der Waals surface area contributed by atoms with Crippen molar-refractivity contribution >= 4 is 11.9 Å². The number of carbonyl (C=O) groups excluding carboxylic acids is 1. The fourth-order valence-corrected chi connectivity index (χ4v) is 1.76. The van der Waals surface area contributed by atoms with Crippen LogP contribution >= 0.6 is 0 Å². The number of aromatic nitrogens is 1. The number of rotatable bonds is 2. The van der Waals surface area contributed by atoms with Gasteiger partial charge in [-0.1, -0.05) is 19.0 Å². The van der Waals surface area contributed by atoms with Gasteiger partial charge in [0.05, 0.1) is 11.7 Å². The third kappa shape index (κ3) is 1.78. The average Bonchev–Trinajstić information content (AvgIpc) is 2.81. The molecule has 6 nitrogen and oxygen atoms in total. The Morgan fingerprint density at radius 1 is 1.53 bits per heavy atom. The Kier molecular flexibility index (Phi) is 2.82. The van der Waals surface area contributed by atoms with Gasteiger partial charge in [-0.15, -0.1) is 0 Å². The zero-order chi connectivity index (χ0) is 12.7. The van der Waals surface area contributed by atoms with Crippen LogP contribution in [0.4, 0.5) is 10.7 Å². The number of urea groups is 1. The van der Waals surface area contributed by atoms with Crippen LogP contribution in [0, 0.1) is 0 Å². The number of aliphatic hydroxyl groups is 1. The summed E-state index contributed by atoms with van der Waals surface area (Å²) in [6, 6.07) is 1.14. The number of nitrogens with zero attached hydrogens (tertiary/aromatic N) is 3. The first kappa shape index (κ1) is 11.9. The van der Waals surface area contributed by atoms with E-state index in [2.05, 4.69) is 5.16 Å². The molecule has 1 saturated heterocycles. The van der Waals surface area contributed by atoms with Crippen LogP contribution in [0.25, 0.3) is 0 Å². The molecule has 2 unspecified atom stereocenters. The van der Waals surface area contributed by atoms with Gasteiger partial charge in [-0.25, -0.2) is 9.69 Å². The predicted molar refractivity (Wildman–Crippen MR) is 61.7 cm³/mol. The molecule has 1 fully saturated rings. The van der Waals surface area contributed by atoms with E-state index in [1.165, 1.54) is 9.80 Å². The van der Waals surface area contributed by atoms with Crippen LogP contribution in [0.15, 0.2) is 10.6 Å². The molecule has 1 aromatic rings. The van der Waals surface area contributed by atoms with Gasteiger partial charge in [0, 0.05) is 13.1 Å². The van der Waals surface area contributed by atoms with Crippen molar-refractivity contribution in [2.24, 2.45) is 0 Å². The van der Waals surface area contributed by atoms with E-state index in [1.807, 2.05) is 13.8 Å². The van der Waals surface area contributed by atoms with Gasteiger partial charge < -0.3 is 14.5 Å².